The fourth-order valence-corrected chi connectivity index (χ4v) is 10.5. The number of carbonyl (C=O) groups is 4. The van der Waals surface area contributed by atoms with E-state index < -0.39 is 59.8 Å². The Morgan fingerprint density at radius 2 is 1.63 bits per heavy atom. The van der Waals surface area contributed by atoms with Crippen LogP contribution in [-0.2, 0) is 38.1 Å². The molecule has 5 rings (SSSR count). The second-order valence-electron chi connectivity index (χ2n) is 19.2. The third-order valence-electron chi connectivity index (χ3n) is 14.2. The van der Waals surface area contributed by atoms with Crippen LogP contribution >= 0.6 is 0 Å². The lowest BCUT2D eigenvalue weighted by molar-refractivity contribution is -0.302. The zero-order chi connectivity index (χ0) is 45.3. The summed E-state index contributed by atoms with van der Waals surface area (Å²) in [6, 6.07) is 9.08. The first-order valence-electron chi connectivity index (χ1n) is 23.3. The van der Waals surface area contributed by atoms with Crippen LogP contribution in [0, 0.1) is 29.6 Å². The van der Waals surface area contributed by atoms with Gasteiger partial charge in [-0.1, -0.05) is 63.6 Å². The lowest BCUT2D eigenvalue weighted by Crippen LogP contribution is -2.64. The van der Waals surface area contributed by atoms with E-state index in [1.165, 1.54) is 4.90 Å². The monoisotopic (exact) mass is 865 g/mol. The van der Waals surface area contributed by atoms with Crippen LogP contribution in [0.3, 0.4) is 0 Å². The van der Waals surface area contributed by atoms with Crippen molar-refractivity contribution in [2.75, 3.05) is 34.9 Å². The average molecular weight is 865 g/mol. The highest BCUT2D eigenvalue weighted by Crippen LogP contribution is 2.39. The highest BCUT2D eigenvalue weighted by molar-refractivity contribution is 6.39. The predicted octanol–water partition coefficient (Wildman–Crippen LogP) is 7.50. The third-order valence-corrected chi connectivity index (χ3v) is 14.2. The number of nitrogens with zero attached hydrogens (tertiary/aromatic N) is 2. The molecule has 0 spiro atoms. The maximum Gasteiger partial charge on any atom is 0.329 e. The fraction of sp³-hybridized carbons (Fsp3) is 0.720. The number of rotatable bonds is 8. The van der Waals surface area contributed by atoms with Crippen LogP contribution < -0.4 is 4.74 Å². The maximum atomic E-state index is 14.5. The second kappa shape index (κ2) is 22.5. The van der Waals surface area contributed by atoms with E-state index in [0.29, 0.717) is 51.4 Å². The average Bonchev–Trinajstić information content (AvgIpc) is 3.25. The number of methoxy groups -OCH3 is 2. The van der Waals surface area contributed by atoms with Gasteiger partial charge in [0.1, 0.15) is 35.9 Å². The number of ketones is 2. The number of cyclic esters (lactones) is 1. The van der Waals surface area contributed by atoms with Crippen LogP contribution in [0.5, 0.6) is 5.75 Å². The number of para-hydroxylation sites is 1. The highest BCUT2D eigenvalue weighted by atomic mass is 16.7. The highest BCUT2D eigenvalue weighted by Gasteiger charge is 2.56. The first-order valence-corrected chi connectivity index (χ1v) is 23.3. The molecule has 346 valence electrons. The smallest absolute Gasteiger partial charge is 0.329 e. The molecule has 3 heterocycles. The summed E-state index contributed by atoms with van der Waals surface area (Å²) in [6.45, 7) is 12.0. The number of ether oxygens (including phenoxy) is 5. The molecule has 12 nitrogen and oxygen atoms in total. The molecule has 0 radical (unpaired) electrons. The molecular formula is C50H76N2O10. The van der Waals surface area contributed by atoms with E-state index in [0.717, 1.165) is 36.2 Å². The molecule has 1 aromatic rings. The summed E-state index contributed by atoms with van der Waals surface area (Å²) in [5.74, 6) is -5.19. The van der Waals surface area contributed by atoms with E-state index in [1.807, 2.05) is 58.0 Å². The standard InChI is InChI=1S/C50H76N2O10/c1-11-37-26-31(2)25-32(3)27-43(58-9)46-44(59-10)29-35(6)50(57,62-46)47(54)48(55)52-24-16-15-19-40(52)49(56)61-45(33(4)20-23-41(37)53)34(5)28-36-21-22-39(51(7)8)42(30-36)60-38-17-13-12-14-18-38/h12-14,17-18,26,28,32-33,35-37,39-40,42-46,57H,11,15-16,19-25,27,29-30H2,1-10H3/b31-26+,34-28?. The number of piperidine rings is 1. The maximum absolute atomic E-state index is 14.5. The van der Waals surface area contributed by atoms with Crippen molar-refractivity contribution in [1.82, 2.24) is 9.80 Å². The number of Topliss-reactive ketones (excluding diaryl/α,β-unsaturated/α-hetero) is 2. The second-order valence-corrected chi connectivity index (χ2v) is 19.2. The quantitative estimate of drug-likeness (QED) is 0.158. The minimum atomic E-state index is -2.46. The van der Waals surface area contributed by atoms with E-state index in [9.17, 15) is 24.3 Å². The van der Waals surface area contributed by atoms with E-state index in [4.69, 9.17) is 23.7 Å². The number of fused-ring (bicyclic) bond motifs is 3. The van der Waals surface area contributed by atoms with Crippen molar-refractivity contribution >= 4 is 23.4 Å². The Morgan fingerprint density at radius 1 is 0.935 bits per heavy atom. The number of esters is 1. The van der Waals surface area contributed by atoms with Gasteiger partial charge in [-0.05, 0) is 134 Å². The normalized spacial score (nSPS) is 37.5. The first-order chi connectivity index (χ1) is 29.5. The van der Waals surface area contributed by atoms with Gasteiger partial charge < -0.3 is 38.6 Å². The van der Waals surface area contributed by atoms with Crippen molar-refractivity contribution < 1.29 is 48.0 Å². The van der Waals surface area contributed by atoms with Gasteiger partial charge in [-0.3, -0.25) is 14.4 Å². The van der Waals surface area contributed by atoms with Crippen molar-refractivity contribution in [3.63, 3.8) is 0 Å². The lowest BCUT2D eigenvalue weighted by Gasteiger charge is -2.47. The minimum Gasteiger partial charge on any atom is -0.489 e. The molecule has 2 saturated heterocycles. The van der Waals surface area contributed by atoms with Gasteiger partial charge >= 0.3 is 5.97 Å². The fourth-order valence-electron chi connectivity index (χ4n) is 10.5. The van der Waals surface area contributed by atoms with Gasteiger partial charge in [0.25, 0.3) is 11.7 Å². The molecule has 3 aliphatic heterocycles. The van der Waals surface area contributed by atoms with Crippen LogP contribution in [0.25, 0.3) is 0 Å². The summed E-state index contributed by atoms with van der Waals surface area (Å²) < 4.78 is 31.2. The van der Waals surface area contributed by atoms with Crippen LogP contribution in [0.2, 0.25) is 0 Å². The Balaban J connectivity index is 1.49. The van der Waals surface area contributed by atoms with E-state index in [2.05, 4.69) is 38.1 Å². The molecule has 12 heteroatoms. The lowest BCUT2D eigenvalue weighted by atomic mass is 9.81. The molecule has 1 aromatic carbocycles. The number of hydrogen-bond acceptors (Lipinski definition) is 11. The van der Waals surface area contributed by atoms with Gasteiger partial charge in [-0.25, -0.2) is 4.79 Å². The largest absolute Gasteiger partial charge is 0.489 e. The minimum absolute atomic E-state index is 0.0533. The topological polar surface area (TPSA) is 141 Å². The Kier molecular flexibility index (Phi) is 18.0. The van der Waals surface area contributed by atoms with Gasteiger partial charge in [0, 0.05) is 45.1 Å². The summed E-state index contributed by atoms with van der Waals surface area (Å²) in [7, 11) is 7.30. The number of amides is 1. The third kappa shape index (κ3) is 12.0. The molecule has 1 saturated carbocycles. The summed E-state index contributed by atoms with van der Waals surface area (Å²) in [6.07, 6.45) is 8.79. The Hall–Kier alpha value is -3.42. The molecule has 3 fully saturated rings. The number of benzene rings is 1. The summed E-state index contributed by atoms with van der Waals surface area (Å²) >= 11 is 0. The number of carbonyl (C=O) groups excluding carboxylic acids is 4. The zero-order valence-corrected chi connectivity index (χ0v) is 39.2. The molecule has 1 amide bonds. The molecule has 1 aliphatic carbocycles. The van der Waals surface area contributed by atoms with Crippen molar-refractivity contribution in [2.45, 2.75) is 167 Å². The van der Waals surface area contributed by atoms with Crippen molar-refractivity contribution in [3.8, 4) is 5.75 Å². The molecule has 13 atom stereocenters. The molecule has 13 unspecified atom stereocenters. The summed E-state index contributed by atoms with van der Waals surface area (Å²) in [4.78, 5) is 60.6. The van der Waals surface area contributed by atoms with Crippen LogP contribution in [-0.4, -0.2) is 122 Å². The Labute approximate surface area is 371 Å². The molecule has 1 N–H and O–H groups in total. The molecular weight excluding hydrogens is 789 g/mol. The molecule has 4 aliphatic rings. The summed E-state index contributed by atoms with van der Waals surface area (Å²) in [5.41, 5.74) is 1.97. The number of allylic oxidation sites excluding steroid dienone is 3. The van der Waals surface area contributed by atoms with Crippen LogP contribution in [0.4, 0.5) is 0 Å². The zero-order valence-electron chi connectivity index (χ0n) is 39.2. The van der Waals surface area contributed by atoms with Crippen molar-refractivity contribution in [2.24, 2.45) is 29.6 Å². The van der Waals surface area contributed by atoms with E-state index in [-0.39, 0.29) is 54.6 Å². The number of likely N-dealkylation sites (N-methyl/N-ethyl adjacent to an activating group) is 1. The van der Waals surface area contributed by atoms with Gasteiger partial charge in [0.2, 0.25) is 5.79 Å². The molecule has 2 bridgehead atoms. The van der Waals surface area contributed by atoms with Crippen molar-refractivity contribution in [1.29, 1.82) is 0 Å². The number of hydrogen-bond donors (Lipinski definition) is 1. The molecule has 62 heavy (non-hydrogen) atoms. The summed E-state index contributed by atoms with van der Waals surface area (Å²) in [5, 5.41) is 12.1. The van der Waals surface area contributed by atoms with Gasteiger partial charge in [0.05, 0.1) is 12.2 Å². The van der Waals surface area contributed by atoms with Gasteiger partial charge in [-0.2, -0.15) is 0 Å². The Bertz CT molecular complexity index is 1730. The van der Waals surface area contributed by atoms with Crippen LogP contribution in [0.15, 0.2) is 53.6 Å². The van der Waals surface area contributed by atoms with E-state index in [1.54, 1.807) is 21.1 Å². The van der Waals surface area contributed by atoms with Crippen molar-refractivity contribution in [3.05, 3.63) is 53.6 Å². The Morgan fingerprint density at radius 3 is 2.29 bits per heavy atom. The van der Waals surface area contributed by atoms with Gasteiger partial charge in [0.15, 0.2) is 0 Å². The SMILES string of the molecule is CCC1/C=C(\C)CC(C)CC(OC)C2OC(O)(C(=O)C(=O)N3CCCCC3C(=O)OC(C(C)=CC3CCC(N(C)C)C(Oc4ccccc4)C3)C(C)CCC1=O)C(C)CC2OC. The van der Waals surface area contributed by atoms with Crippen LogP contribution in [0.1, 0.15) is 119 Å². The predicted molar refractivity (Wildman–Crippen MR) is 238 cm³/mol. The van der Waals surface area contributed by atoms with Gasteiger partial charge in [-0.15, -0.1) is 0 Å². The van der Waals surface area contributed by atoms with E-state index >= 15 is 0 Å². The number of aliphatic hydroxyl groups is 1. The first kappa shape index (κ1) is 49.6. The molecule has 0 aromatic heterocycles.